The average Bonchev–Trinajstić information content (AvgIpc) is 2.53. The van der Waals surface area contributed by atoms with Crippen LogP contribution >= 0.6 is 11.6 Å². The van der Waals surface area contributed by atoms with Gasteiger partial charge in [0.1, 0.15) is 0 Å². The second kappa shape index (κ2) is 7.56. The molecule has 0 saturated heterocycles. The monoisotopic (exact) mass is 318 g/mol. The summed E-state index contributed by atoms with van der Waals surface area (Å²) in [5, 5.41) is 3.34. The van der Waals surface area contributed by atoms with E-state index in [1.54, 1.807) is 12.1 Å². The molecule has 0 aliphatic heterocycles. The Hall–Kier alpha value is -2.40. The van der Waals surface area contributed by atoms with E-state index in [2.05, 4.69) is 10.3 Å². The third-order valence-electron chi connectivity index (χ3n) is 2.98. The SMILES string of the molecule is C[C@H](NC(=O)COC(=O)c1ccncc1)c1cccc(Cl)c1. The van der Waals surface area contributed by atoms with Crippen molar-refractivity contribution in [2.45, 2.75) is 13.0 Å². The van der Waals surface area contributed by atoms with E-state index in [1.165, 1.54) is 24.5 Å². The van der Waals surface area contributed by atoms with Crippen molar-refractivity contribution in [3.05, 3.63) is 64.9 Å². The zero-order valence-corrected chi connectivity index (χ0v) is 12.7. The van der Waals surface area contributed by atoms with Crippen LogP contribution in [0.15, 0.2) is 48.8 Å². The Bertz CT molecular complexity index is 661. The molecule has 0 spiro atoms. The van der Waals surface area contributed by atoms with Crippen LogP contribution in [0.2, 0.25) is 5.02 Å². The minimum Gasteiger partial charge on any atom is -0.452 e. The van der Waals surface area contributed by atoms with E-state index in [9.17, 15) is 9.59 Å². The van der Waals surface area contributed by atoms with Crippen molar-refractivity contribution in [3.63, 3.8) is 0 Å². The van der Waals surface area contributed by atoms with E-state index in [0.717, 1.165) is 5.56 Å². The number of amides is 1. The molecule has 1 N–H and O–H groups in total. The first-order chi connectivity index (χ1) is 10.6. The van der Waals surface area contributed by atoms with E-state index in [4.69, 9.17) is 16.3 Å². The highest BCUT2D eigenvalue weighted by Crippen LogP contribution is 2.17. The van der Waals surface area contributed by atoms with Gasteiger partial charge in [0.25, 0.3) is 5.91 Å². The van der Waals surface area contributed by atoms with Crippen LogP contribution in [0.4, 0.5) is 0 Å². The number of pyridine rings is 1. The number of hydrogen-bond acceptors (Lipinski definition) is 4. The molecule has 1 heterocycles. The Morgan fingerprint density at radius 1 is 1.27 bits per heavy atom. The van der Waals surface area contributed by atoms with Crippen molar-refractivity contribution in [2.75, 3.05) is 6.61 Å². The minimum absolute atomic E-state index is 0.231. The first kappa shape index (κ1) is 16.0. The van der Waals surface area contributed by atoms with Gasteiger partial charge < -0.3 is 10.1 Å². The maximum atomic E-state index is 11.8. The Morgan fingerprint density at radius 2 is 2.00 bits per heavy atom. The first-order valence-corrected chi connectivity index (χ1v) is 7.06. The molecule has 0 bridgehead atoms. The van der Waals surface area contributed by atoms with Crippen LogP contribution in [-0.4, -0.2) is 23.5 Å². The lowest BCUT2D eigenvalue weighted by Crippen LogP contribution is -2.31. The summed E-state index contributed by atoms with van der Waals surface area (Å²) in [6.07, 6.45) is 2.97. The summed E-state index contributed by atoms with van der Waals surface area (Å²) in [6, 6.07) is 10.0. The number of esters is 1. The predicted octanol–water partition coefficient (Wildman–Crippen LogP) is 2.77. The Morgan fingerprint density at radius 3 is 2.68 bits per heavy atom. The van der Waals surface area contributed by atoms with E-state index in [0.29, 0.717) is 10.6 Å². The number of aromatic nitrogens is 1. The van der Waals surface area contributed by atoms with Crippen LogP contribution in [0, 0.1) is 0 Å². The fraction of sp³-hybridized carbons (Fsp3) is 0.188. The Labute approximate surface area is 133 Å². The van der Waals surface area contributed by atoms with Crippen molar-refractivity contribution in [1.29, 1.82) is 0 Å². The van der Waals surface area contributed by atoms with Crippen LogP contribution in [0.1, 0.15) is 28.9 Å². The number of nitrogens with zero attached hydrogens (tertiary/aromatic N) is 1. The fourth-order valence-corrected chi connectivity index (χ4v) is 2.04. The van der Waals surface area contributed by atoms with Gasteiger partial charge in [-0.15, -0.1) is 0 Å². The zero-order valence-electron chi connectivity index (χ0n) is 12.0. The van der Waals surface area contributed by atoms with Crippen LogP contribution < -0.4 is 5.32 Å². The van der Waals surface area contributed by atoms with Gasteiger partial charge in [-0.3, -0.25) is 9.78 Å². The van der Waals surface area contributed by atoms with Crippen molar-refractivity contribution >= 4 is 23.5 Å². The molecule has 1 atom stereocenters. The highest BCUT2D eigenvalue weighted by Gasteiger charge is 2.13. The molecule has 114 valence electrons. The summed E-state index contributed by atoms with van der Waals surface area (Å²) in [7, 11) is 0. The topological polar surface area (TPSA) is 68.3 Å². The van der Waals surface area contributed by atoms with E-state index >= 15 is 0 Å². The molecule has 1 amide bonds. The lowest BCUT2D eigenvalue weighted by Gasteiger charge is -2.14. The Balaban J connectivity index is 1.84. The average molecular weight is 319 g/mol. The zero-order chi connectivity index (χ0) is 15.9. The number of rotatable bonds is 5. The van der Waals surface area contributed by atoms with E-state index < -0.39 is 5.97 Å². The van der Waals surface area contributed by atoms with Gasteiger partial charge in [0.2, 0.25) is 0 Å². The lowest BCUT2D eigenvalue weighted by atomic mass is 10.1. The summed E-state index contributed by atoms with van der Waals surface area (Å²) in [5.74, 6) is -0.942. The predicted molar refractivity (Wildman–Crippen MR) is 82.5 cm³/mol. The molecule has 1 aromatic heterocycles. The van der Waals surface area contributed by atoms with Gasteiger partial charge >= 0.3 is 5.97 Å². The Kier molecular flexibility index (Phi) is 5.49. The van der Waals surface area contributed by atoms with Gasteiger partial charge in [-0.2, -0.15) is 0 Å². The van der Waals surface area contributed by atoms with Gasteiger partial charge in [0.05, 0.1) is 11.6 Å². The van der Waals surface area contributed by atoms with Gasteiger partial charge in [0, 0.05) is 17.4 Å². The summed E-state index contributed by atoms with van der Waals surface area (Å²) < 4.78 is 4.95. The number of carbonyl (C=O) groups excluding carboxylic acids is 2. The molecule has 0 unspecified atom stereocenters. The summed E-state index contributed by atoms with van der Waals surface area (Å²) in [5.41, 5.74) is 1.23. The molecule has 6 heteroatoms. The minimum atomic E-state index is -0.562. The molecular weight excluding hydrogens is 304 g/mol. The first-order valence-electron chi connectivity index (χ1n) is 6.68. The number of ether oxygens (including phenoxy) is 1. The molecule has 0 aliphatic rings. The maximum Gasteiger partial charge on any atom is 0.338 e. The van der Waals surface area contributed by atoms with Crippen LogP contribution in [0.3, 0.4) is 0 Å². The van der Waals surface area contributed by atoms with Crippen molar-refractivity contribution in [2.24, 2.45) is 0 Å². The smallest absolute Gasteiger partial charge is 0.338 e. The van der Waals surface area contributed by atoms with Crippen molar-refractivity contribution < 1.29 is 14.3 Å². The summed E-state index contributed by atoms with van der Waals surface area (Å²) in [6.45, 7) is 1.49. The maximum absolute atomic E-state index is 11.8. The van der Waals surface area contributed by atoms with Crippen LogP contribution in [-0.2, 0) is 9.53 Å². The molecule has 5 nitrogen and oxygen atoms in total. The van der Waals surface area contributed by atoms with Gasteiger partial charge in [-0.1, -0.05) is 23.7 Å². The molecule has 2 aromatic rings. The second-order valence-electron chi connectivity index (χ2n) is 4.66. The number of nitrogens with one attached hydrogen (secondary N) is 1. The van der Waals surface area contributed by atoms with Gasteiger partial charge in [0.15, 0.2) is 6.61 Å². The highest BCUT2D eigenvalue weighted by molar-refractivity contribution is 6.30. The third kappa shape index (κ3) is 4.56. The molecule has 0 fully saturated rings. The molecule has 22 heavy (non-hydrogen) atoms. The van der Waals surface area contributed by atoms with Crippen LogP contribution in [0.5, 0.6) is 0 Å². The quantitative estimate of drug-likeness (QED) is 0.861. The number of halogens is 1. The summed E-state index contributed by atoms with van der Waals surface area (Å²) >= 11 is 5.91. The molecule has 2 rings (SSSR count). The summed E-state index contributed by atoms with van der Waals surface area (Å²) in [4.78, 5) is 27.3. The molecule has 0 aliphatic carbocycles. The number of hydrogen-bond donors (Lipinski definition) is 1. The van der Waals surface area contributed by atoms with E-state index in [1.807, 2.05) is 19.1 Å². The van der Waals surface area contributed by atoms with Gasteiger partial charge in [-0.05, 0) is 36.8 Å². The highest BCUT2D eigenvalue weighted by atomic mass is 35.5. The van der Waals surface area contributed by atoms with Crippen molar-refractivity contribution in [3.8, 4) is 0 Å². The number of benzene rings is 1. The normalized spacial score (nSPS) is 11.5. The third-order valence-corrected chi connectivity index (χ3v) is 3.21. The fourth-order valence-electron chi connectivity index (χ4n) is 1.84. The molecule has 1 aromatic carbocycles. The van der Waals surface area contributed by atoms with E-state index in [-0.39, 0.29) is 18.6 Å². The van der Waals surface area contributed by atoms with Gasteiger partial charge in [-0.25, -0.2) is 4.79 Å². The van der Waals surface area contributed by atoms with Crippen LogP contribution in [0.25, 0.3) is 0 Å². The molecule has 0 saturated carbocycles. The van der Waals surface area contributed by atoms with Crippen molar-refractivity contribution in [1.82, 2.24) is 10.3 Å². The largest absolute Gasteiger partial charge is 0.452 e. The molecule has 0 radical (unpaired) electrons. The second-order valence-corrected chi connectivity index (χ2v) is 5.09. The lowest BCUT2D eigenvalue weighted by molar-refractivity contribution is -0.124. The number of carbonyl (C=O) groups is 2. The standard InChI is InChI=1S/C16H15ClN2O3/c1-11(13-3-2-4-14(17)9-13)19-15(20)10-22-16(21)12-5-7-18-8-6-12/h2-9,11H,10H2,1H3,(H,19,20)/t11-/m0/s1. The molecular formula is C16H15ClN2O3.